The van der Waals surface area contributed by atoms with Crippen molar-refractivity contribution in [1.82, 2.24) is 9.97 Å². The van der Waals surface area contributed by atoms with Crippen molar-refractivity contribution in [3.8, 4) is 22.9 Å². The van der Waals surface area contributed by atoms with Crippen LogP contribution < -0.4 is 9.47 Å². The first kappa shape index (κ1) is 15.6. The van der Waals surface area contributed by atoms with Gasteiger partial charge < -0.3 is 9.47 Å². The highest BCUT2D eigenvalue weighted by Crippen LogP contribution is 2.34. The van der Waals surface area contributed by atoms with Crippen molar-refractivity contribution in [2.75, 3.05) is 14.2 Å². The molecule has 21 heavy (non-hydrogen) atoms. The average molecular weight is 307 g/mol. The number of aryl methyl sites for hydroxylation is 1. The van der Waals surface area contributed by atoms with Crippen LogP contribution in [0.3, 0.4) is 0 Å². The molecule has 0 aliphatic carbocycles. The Morgan fingerprint density at radius 3 is 2.33 bits per heavy atom. The topological polar surface area (TPSA) is 44.2 Å². The van der Waals surface area contributed by atoms with E-state index in [-0.39, 0.29) is 5.92 Å². The molecule has 0 fully saturated rings. The van der Waals surface area contributed by atoms with Crippen molar-refractivity contribution in [2.45, 2.75) is 26.7 Å². The lowest BCUT2D eigenvalue weighted by Crippen LogP contribution is -2.03. The third kappa shape index (κ3) is 3.10. The van der Waals surface area contributed by atoms with Crippen molar-refractivity contribution in [2.24, 2.45) is 0 Å². The van der Waals surface area contributed by atoms with Gasteiger partial charge in [0.15, 0.2) is 5.82 Å². The Balaban J connectivity index is 2.62. The molecular formula is C16H19ClN2O2. The second-order valence-corrected chi connectivity index (χ2v) is 5.42. The molecule has 0 spiro atoms. The number of nitrogens with zero attached hydrogens (tertiary/aromatic N) is 2. The van der Waals surface area contributed by atoms with Crippen molar-refractivity contribution in [3.63, 3.8) is 0 Å². The highest BCUT2D eigenvalue weighted by Gasteiger charge is 2.17. The number of hydrogen-bond donors (Lipinski definition) is 0. The van der Waals surface area contributed by atoms with Crippen LogP contribution in [0.2, 0.25) is 5.15 Å². The summed E-state index contributed by atoms with van der Waals surface area (Å²) in [7, 11) is 3.23. The van der Waals surface area contributed by atoms with E-state index in [4.69, 9.17) is 21.1 Å². The Bertz CT molecular complexity index is 634. The molecule has 1 aromatic heterocycles. The number of aromatic nitrogens is 2. The molecule has 0 aliphatic rings. The normalized spacial score (nSPS) is 10.8. The van der Waals surface area contributed by atoms with E-state index in [1.807, 2.05) is 25.1 Å². The number of benzene rings is 1. The van der Waals surface area contributed by atoms with Gasteiger partial charge in [0, 0.05) is 11.3 Å². The second-order valence-electron chi connectivity index (χ2n) is 5.06. The number of hydrogen-bond acceptors (Lipinski definition) is 4. The van der Waals surface area contributed by atoms with Crippen molar-refractivity contribution in [1.29, 1.82) is 0 Å². The molecule has 5 heteroatoms. The summed E-state index contributed by atoms with van der Waals surface area (Å²) in [6.07, 6.45) is 0. The summed E-state index contributed by atoms with van der Waals surface area (Å²) < 4.78 is 10.6. The van der Waals surface area contributed by atoms with E-state index < -0.39 is 0 Å². The first-order valence-electron chi connectivity index (χ1n) is 6.74. The summed E-state index contributed by atoms with van der Waals surface area (Å²) in [5, 5.41) is 0.484. The molecule has 0 bridgehead atoms. The maximum Gasteiger partial charge on any atom is 0.164 e. The summed E-state index contributed by atoms with van der Waals surface area (Å²) in [4.78, 5) is 9.01. The average Bonchev–Trinajstić information content (AvgIpc) is 2.45. The Morgan fingerprint density at radius 2 is 1.81 bits per heavy atom. The maximum absolute atomic E-state index is 6.33. The SMILES string of the molecule is COc1ccc(OC)c(-c2nc(C)c(C(C)C)c(Cl)n2)c1. The van der Waals surface area contributed by atoms with E-state index in [0.717, 1.165) is 22.6 Å². The first-order chi connectivity index (χ1) is 9.97. The number of methoxy groups -OCH3 is 2. The highest BCUT2D eigenvalue weighted by atomic mass is 35.5. The van der Waals surface area contributed by atoms with E-state index >= 15 is 0 Å². The van der Waals surface area contributed by atoms with E-state index in [1.165, 1.54) is 0 Å². The fraction of sp³-hybridized carbons (Fsp3) is 0.375. The van der Waals surface area contributed by atoms with Crippen LogP contribution in [0.1, 0.15) is 31.0 Å². The summed E-state index contributed by atoms with van der Waals surface area (Å²) in [6.45, 7) is 6.09. The first-order valence-corrected chi connectivity index (χ1v) is 7.12. The molecule has 0 saturated carbocycles. The monoisotopic (exact) mass is 306 g/mol. The summed E-state index contributed by atoms with van der Waals surface area (Å²) >= 11 is 6.33. The zero-order valence-corrected chi connectivity index (χ0v) is 13.7. The lowest BCUT2D eigenvalue weighted by molar-refractivity contribution is 0.404. The molecule has 0 atom stereocenters. The molecule has 1 heterocycles. The van der Waals surface area contributed by atoms with Crippen LogP contribution >= 0.6 is 11.6 Å². The van der Waals surface area contributed by atoms with Crippen LogP contribution in [0, 0.1) is 6.92 Å². The maximum atomic E-state index is 6.33. The molecule has 0 amide bonds. The standard InChI is InChI=1S/C16H19ClN2O2/c1-9(2)14-10(3)18-16(19-15(14)17)12-8-11(20-4)6-7-13(12)21-5/h6-9H,1-5H3. The third-order valence-electron chi connectivity index (χ3n) is 3.31. The quantitative estimate of drug-likeness (QED) is 0.792. The van der Waals surface area contributed by atoms with Gasteiger partial charge in [-0.1, -0.05) is 25.4 Å². The van der Waals surface area contributed by atoms with Crippen molar-refractivity contribution >= 4 is 11.6 Å². The molecule has 4 nitrogen and oxygen atoms in total. The van der Waals surface area contributed by atoms with Gasteiger partial charge in [-0.25, -0.2) is 9.97 Å². The van der Waals surface area contributed by atoms with Gasteiger partial charge in [-0.2, -0.15) is 0 Å². The van der Waals surface area contributed by atoms with Gasteiger partial charge in [0.1, 0.15) is 16.7 Å². The van der Waals surface area contributed by atoms with Crippen LogP contribution in [0.5, 0.6) is 11.5 Å². The molecule has 112 valence electrons. The fourth-order valence-electron chi connectivity index (χ4n) is 2.31. The van der Waals surface area contributed by atoms with Crippen LogP contribution in [-0.4, -0.2) is 24.2 Å². The lowest BCUT2D eigenvalue weighted by Gasteiger charge is -2.14. The molecule has 0 unspecified atom stereocenters. The van der Waals surface area contributed by atoms with Gasteiger partial charge in [-0.15, -0.1) is 0 Å². The van der Waals surface area contributed by atoms with Crippen LogP contribution in [-0.2, 0) is 0 Å². The molecule has 0 N–H and O–H groups in total. The van der Waals surface area contributed by atoms with Crippen LogP contribution in [0.15, 0.2) is 18.2 Å². The molecular weight excluding hydrogens is 288 g/mol. The number of rotatable bonds is 4. The Hall–Kier alpha value is -1.81. The highest BCUT2D eigenvalue weighted by molar-refractivity contribution is 6.30. The van der Waals surface area contributed by atoms with Crippen molar-refractivity contribution < 1.29 is 9.47 Å². The molecule has 0 saturated heterocycles. The van der Waals surface area contributed by atoms with Crippen molar-refractivity contribution in [3.05, 3.63) is 34.6 Å². The summed E-state index contributed by atoms with van der Waals surface area (Å²) in [5.41, 5.74) is 2.62. The Labute approximate surface area is 130 Å². The zero-order valence-electron chi connectivity index (χ0n) is 12.9. The van der Waals surface area contributed by atoms with Gasteiger partial charge in [-0.05, 0) is 31.0 Å². The van der Waals surface area contributed by atoms with E-state index in [2.05, 4.69) is 23.8 Å². The predicted molar refractivity (Wildman–Crippen MR) is 84.4 cm³/mol. The third-order valence-corrected chi connectivity index (χ3v) is 3.60. The molecule has 0 radical (unpaired) electrons. The van der Waals surface area contributed by atoms with Gasteiger partial charge in [-0.3, -0.25) is 0 Å². The molecule has 0 aliphatic heterocycles. The Morgan fingerprint density at radius 1 is 1.10 bits per heavy atom. The van der Waals surface area contributed by atoms with Gasteiger partial charge in [0.05, 0.1) is 19.8 Å². The molecule has 2 rings (SSSR count). The number of ether oxygens (including phenoxy) is 2. The minimum Gasteiger partial charge on any atom is -0.497 e. The smallest absolute Gasteiger partial charge is 0.164 e. The second kappa shape index (κ2) is 6.31. The minimum atomic E-state index is 0.277. The number of halogens is 1. The zero-order chi connectivity index (χ0) is 15.6. The van der Waals surface area contributed by atoms with Gasteiger partial charge in [0.25, 0.3) is 0 Å². The minimum absolute atomic E-state index is 0.277. The fourth-order valence-corrected chi connectivity index (χ4v) is 2.75. The Kier molecular flexibility index (Phi) is 4.68. The summed E-state index contributed by atoms with van der Waals surface area (Å²) in [6, 6.07) is 5.51. The van der Waals surface area contributed by atoms with Gasteiger partial charge >= 0.3 is 0 Å². The predicted octanol–water partition coefficient (Wildman–Crippen LogP) is 4.25. The summed E-state index contributed by atoms with van der Waals surface area (Å²) in [5.74, 6) is 2.22. The van der Waals surface area contributed by atoms with E-state index in [9.17, 15) is 0 Å². The van der Waals surface area contributed by atoms with E-state index in [1.54, 1.807) is 14.2 Å². The molecule has 1 aromatic carbocycles. The lowest BCUT2D eigenvalue weighted by atomic mass is 10.0. The van der Waals surface area contributed by atoms with Gasteiger partial charge in [0.2, 0.25) is 0 Å². The van der Waals surface area contributed by atoms with E-state index in [0.29, 0.717) is 16.7 Å². The largest absolute Gasteiger partial charge is 0.497 e. The van der Waals surface area contributed by atoms with Crippen LogP contribution in [0.4, 0.5) is 0 Å². The van der Waals surface area contributed by atoms with Crippen LogP contribution in [0.25, 0.3) is 11.4 Å². The molecule has 2 aromatic rings.